The molecule has 2 atom stereocenters. The van der Waals surface area contributed by atoms with Crippen molar-refractivity contribution < 1.29 is 0 Å². The van der Waals surface area contributed by atoms with Crippen LogP contribution in [-0.4, -0.2) is 15.2 Å². The number of aromatic nitrogens is 2. The average Bonchev–Trinajstić information content (AvgIpc) is 2.62. The maximum atomic E-state index is 6.39. The number of hydrogen-bond donors (Lipinski definition) is 0. The van der Waals surface area contributed by atoms with Gasteiger partial charge in [-0.2, -0.15) is 5.10 Å². The monoisotopic (exact) mass is 276 g/mol. The van der Waals surface area contributed by atoms with Gasteiger partial charge in [-0.25, -0.2) is 0 Å². The third kappa shape index (κ3) is 3.38. The van der Waals surface area contributed by atoms with Crippen LogP contribution in [0, 0.1) is 5.92 Å². The van der Waals surface area contributed by atoms with Gasteiger partial charge < -0.3 is 0 Å². The van der Waals surface area contributed by atoms with E-state index in [1.54, 1.807) is 0 Å². The van der Waals surface area contributed by atoms with Gasteiger partial charge in [0, 0.05) is 11.9 Å². The Kier molecular flexibility index (Phi) is 5.81. The zero-order valence-corrected chi connectivity index (χ0v) is 12.6. The number of hydrogen-bond acceptors (Lipinski definition) is 1. The zero-order chi connectivity index (χ0) is 13.0. The molecular weight excluding hydrogens is 255 g/mol. The second kappa shape index (κ2) is 6.65. The third-order valence-electron chi connectivity index (χ3n) is 3.32. The van der Waals surface area contributed by atoms with Crippen molar-refractivity contribution in [3.05, 3.63) is 16.4 Å². The molecule has 0 aliphatic rings. The largest absolute Gasteiger partial charge is 0.268 e. The Morgan fingerprint density at radius 2 is 1.94 bits per heavy atom. The first-order chi connectivity index (χ1) is 8.04. The molecule has 0 radical (unpaired) electrons. The standard InChI is InChI=1S/C13H22Cl2N2/c1-5-10(9(4)14)8-12-13(15)11(6-2)16-17(12)7-3/h9-10H,5-8H2,1-4H3. The first-order valence-electron chi connectivity index (χ1n) is 6.43. The maximum Gasteiger partial charge on any atom is 0.0849 e. The molecule has 4 heteroatoms. The predicted molar refractivity (Wildman–Crippen MR) is 75.1 cm³/mol. The molecule has 1 heterocycles. The molecule has 1 rings (SSSR count). The SMILES string of the molecule is CCc1nn(CC)c(CC(CC)C(C)Cl)c1Cl. The Balaban J connectivity index is 2.99. The van der Waals surface area contributed by atoms with Crippen LogP contribution in [0.15, 0.2) is 0 Å². The van der Waals surface area contributed by atoms with Gasteiger partial charge in [0.1, 0.15) is 0 Å². The third-order valence-corrected chi connectivity index (χ3v) is 4.12. The Labute approximate surface area is 114 Å². The summed E-state index contributed by atoms with van der Waals surface area (Å²) in [5.74, 6) is 0.459. The fourth-order valence-electron chi connectivity index (χ4n) is 2.09. The highest BCUT2D eigenvalue weighted by Gasteiger charge is 2.20. The van der Waals surface area contributed by atoms with Crippen LogP contribution in [0.1, 0.15) is 45.5 Å². The number of rotatable bonds is 6. The van der Waals surface area contributed by atoms with E-state index in [2.05, 4.69) is 32.8 Å². The Morgan fingerprint density at radius 3 is 2.35 bits per heavy atom. The molecule has 0 bridgehead atoms. The minimum atomic E-state index is 0.168. The van der Waals surface area contributed by atoms with Crippen LogP contribution in [0.3, 0.4) is 0 Å². The smallest absolute Gasteiger partial charge is 0.0849 e. The van der Waals surface area contributed by atoms with Crippen LogP contribution >= 0.6 is 23.2 Å². The van der Waals surface area contributed by atoms with Gasteiger partial charge in [0.15, 0.2) is 0 Å². The highest BCUT2D eigenvalue weighted by Crippen LogP contribution is 2.27. The lowest BCUT2D eigenvalue weighted by Crippen LogP contribution is -2.16. The summed E-state index contributed by atoms with van der Waals surface area (Å²) in [5.41, 5.74) is 2.14. The van der Waals surface area contributed by atoms with Crippen LogP contribution < -0.4 is 0 Å². The lowest BCUT2D eigenvalue weighted by molar-refractivity contribution is 0.471. The summed E-state index contributed by atoms with van der Waals surface area (Å²) in [6.45, 7) is 9.26. The van der Waals surface area contributed by atoms with Crippen molar-refractivity contribution in [3.63, 3.8) is 0 Å². The average molecular weight is 277 g/mol. The molecule has 0 aromatic carbocycles. The van der Waals surface area contributed by atoms with E-state index in [1.807, 2.05) is 4.68 Å². The fourth-order valence-corrected chi connectivity index (χ4v) is 2.71. The molecule has 0 saturated heterocycles. The fraction of sp³-hybridized carbons (Fsp3) is 0.769. The van der Waals surface area contributed by atoms with Crippen molar-refractivity contribution in [1.29, 1.82) is 0 Å². The molecule has 0 N–H and O–H groups in total. The Bertz CT molecular complexity index is 359. The number of aryl methyl sites for hydroxylation is 2. The lowest BCUT2D eigenvalue weighted by Gasteiger charge is -2.18. The Hall–Kier alpha value is -0.210. The molecule has 2 unspecified atom stereocenters. The number of halogens is 2. The minimum Gasteiger partial charge on any atom is -0.268 e. The first kappa shape index (κ1) is 14.8. The van der Waals surface area contributed by atoms with E-state index in [0.29, 0.717) is 5.92 Å². The van der Waals surface area contributed by atoms with Crippen molar-refractivity contribution in [1.82, 2.24) is 9.78 Å². The first-order valence-corrected chi connectivity index (χ1v) is 7.24. The molecule has 17 heavy (non-hydrogen) atoms. The number of nitrogens with zero attached hydrogens (tertiary/aromatic N) is 2. The molecule has 0 fully saturated rings. The predicted octanol–water partition coefficient (Wildman–Crippen LogP) is 4.31. The van der Waals surface area contributed by atoms with Crippen LogP contribution in [-0.2, 0) is 19.4 Å². The van der Waals surface area contributed by atoms with Crippen molar-refractivity contribution >= 4 is 23.2 Å². The molecule has 0 aliphatic carbocycles. The highest BCUT2D eigenvalue weighted by molar-refractivity contribution is 6.31. The molecule has 0 spiro atoms. The summed E-state index contributed by atoms with van der Waals surface area (Å²) < 4.78 is 2.02. The van der Waals surface area contributed by atoms with E-state index >= 15 is 0 Å². The number of alkyl halides is 1. The molecule has 0 aliphatic heterocycles. The van der Waals surface area contributed by atoms with E-state index in [9.17, 15) is 0 Å². The summed E-state index contributed by atoms with van der Waals surface area (Å²) >= 11 is 12.6. The van der Waals surface area contributed by atoms with Gasteiger partial charge in [-0.15, -0.1) is 11.6 Å². The quantitative estimate of drug-likeness (QED) is 0.708. The van der Waals surface area contributed by atoms with Gasteiger partial charge >= 0.3 is 0 Å². The van der Waals surface area contributed by atoms with Gasteiger partial charge in [-0.3, -0.25) is 4.68 Å². The second-order valence-corrected chi connectivity index (χ2v) is 5.49. The summed E-state index contributed by atoms with van der Waals surface area (Å²) in [6.07, 6.45) is 2.87. The molecule has 98 valence electrons. The molecule has 1 aromatic rings. The zero-order valence-electron chi connectivity index (χ0n) is 11.1. The van der Waals surface area contributed by atoms with Crippen LogP contribution in [0.2, 0.25) is 5.02 Å². The van der Waals surface area contributed by atoms with Gasteiger partial charge in [-0.1, -0.05) is 31.9 Å². The minimum absolute atomic E-state index is 0.168. The second-order valence-electron chi connectivity index (χ2n) is 4.43. The molecule has 1 aromatic heterocycles. The summed E-state index contributed by atoms with van der Waals surface area (Å²) in [6, 6.07) is 0. The summed E-state index contributed by atoms with van der Waals surface area (Å²) in [5, 5.41) is 5.54. The molecular formula is C13H22Cl2N2. The van der Waals surface area contributed by atoms with Gasteiger partial charge in [0.25, 0.3) is 0 Å². The van der Waals surface area contributed by atoms with E-state index in [4.69, 9.17) is 23.2 Å². The van der Waals surface area contributed by atoms with Crippen LogP contribution in [0.25, 0.3) is 0 Å². The van der Waals surface area contributed by atoms with Gasteiger partial charge in [0.2, 0.25) is 0 Å². The van der Waals surface area contributed by atoms with Crippen molar-refractivity contribution in [2.45, 2.75) is 58.9 Å². The topological polar surface area (TPSA) is 17.8 Å². The van der Waals surface area contributed by atoms with E-state index in [0.717, 1.165) is 42.2 Å². The van der Waals surface area contributed by atoms with Crippen molar-refractivity contribution in [3.8, 4) is 0 Å². The normalized spacial score (nSPS) is 14.9. The van der Waals surface area contributed by atoms with E-state index in [-0.39, 0.29) is 5.38 Å². The summed E-state index contributed by atoms with van der Waals surface area (Å²) in [4.78, 5) is 0. The van der Waals surface area contributed by atoms with Gasteiger partial charge in [0.05, 0.1) is 16.4 Å². The summed E-state index contributed by atoms with van der Waals surface area (Å²) in [7, 11) is 0. The molecule has 2 nitrogen and oxygen atoms in total. The van der Waals surface area contributed by atoms with E-state index in [1.165, 1.54) is 0 Å². The van der Waals surface area contributed by atoms with Crippen molar-refractivity contribution in [2.75, 3.05) is 0 Å². The molecule has 0 amide bonds. The highest BCUT2D eigenvalue weighted by atomic mass is 35.5. The van der Waals surface area contributed by atoms with Gasteiger partial charge in [-0.05, 0) is 32.6 Å². The Morgan fingerprint density at radius 1 is 1.29 bits per heavy atom. The van der Waals surface area contributed by atoms with Crippen LogP contribution in [0.5, 0.6) is 0 Å². The van der Waals surface area contributed by atoms with Crippen molar-refractivity contribution in [2.24, 2.45) is 5.92 Å². The molecule has 0 saturated carbocycles. The van der Waals surface area contributed by atoms with Crippen LogP contribution in [0.4, 0.5) is 0 Å². The lowest BCUT2D eigenvalue weighted by atomic mass is 9.97. The maximum absolute atomic E-state index is 6.39. The van der Waals surface area contributed by atoms with E-state index < -0.39 is 0 Å².